The molecule has 2 rings (SSSR count). The fraction of sp³-hybridized carbons (Fsp3) is 0.250. The number of H-pyrrole nitrogens is 1. The Kier molecular flexibility index (Phi) is 3.18. The van der Waals surface area contributed by atoms with E-state index in [1.54, 1.807) is 0 Å². The SMILES string of the molecule is CC(C)Nc1nnc(-c2ccccc2)c(=O)[nH]1. The third-order valence-electron chi connectivity index (χ3n) is 2.17. The highest BCUT2D eigenvalue weighted by Crippen LogP contribution is 2.10. The Labute approximate surface area is 98.9 Å². The van der Waals surface area contributed by atoms with Gasteiger partial charge in [-0.1, -0.05) is 30.3 Å². The van der Waals surface area contributed by atoms with Gasteiger partial charge in [0.1, 0.15) is 0 Å². The van der Waals surface area contributed by atoms with Crippen molar-refractivity contribution in [2.24, 2.45) is 0 Å². The molecule has 5 nitrogen and oxygen atoms in total. The Morgan fingerprint density at radius 2 is 1.88 bits per heavy atom. The molecule has 0 atom stereocenters. The highest BCUT2D eigenvalue weighted by molar-refractivity contribution is 5.57. The van der Waals surface area contributed by atoms with E-state index < -0.39 is 0 Å². The molecule has 2 N–H and O–H groups in total. The Bertz CT molecular complexity index is 548. The predicted molar refractivity (Wildman–Crippen MR) is 66.8 cm³/mol. The number of aromatic nitrogens is 3. The zero-order valence-electron chi connectivity index (χ0n) is 9.77. The van der Waals surface area contributed by atoms with Crippen molar-refractivity contribution in [1.82, 2.24) is 15.2 Å². The van der Waals surface area contributed by atoms with Gasteiger partial charge in [-0.25, -0.2) is 0 Å². The number of benzene rings is 1. The molecule has 0 bridgehead atoms. The number of nitrogens with zero attached hydrogens (tertiary/aromatic N) is 2. The molecule has 0 saturated carbocycles. The molecule has 17 heavy (non-hydrogen) atoms. The summed E-state index contributed by atoms with van der Waals surface area (Å²) in [6.45, 7) is 3.93. The summed E-state index contributed by atoms with van der Waals surface area (Å²) >= 11 is 0. The van der Waals surface area contributed by atoms with Gasteiger partial charge in [-0.3, -0.25) is 9.78 Å². The normalized spacial score (nSPS) is 10.5. The first kappa shape index (κ1) is 11.3. The van der Waals surface area contributed by atoms with Gasteiger partial charge >= 0.3 is 0 Å². The molecule has 88 valence electrons. The molecule has 0 aliphatic heterocycles. The monoisotopic (exact) mass is 230 g/mol. The molecule has 2 aromatic rings. The zero-order chi connectivity index (χ0) is 12.3. The Morgan fingerprint density at radius 1 is 1.18 bits per heavy atom. The van der Waals surface area contributed by atoms with E-state index in [4.69, 9.17) is 0 Å². The fourth-order valence-electron chi connectivity index (χ4n) is 1.46. The van der Waals surface area contributed by atoms with E-state index >= 15 is 0 Å². The van der Waals surface area contributed by atoms with Crippen molar-refractivity contribution in [3.63, 3.8) is 0 Å². The molecule has 0 aliphatic rings. The first-order chi connectivity index (χ1) is 8.16. The standard InChI is InChI=1S/C12H14N4O/c1-8(2)13-12-14-11(17)10(15-16-12)9-6-4-3-5-7-9/h3-8H,1-2H3,(H2,13,14,16,17). The van der Waals surface area contributed by atoms with Crippen LogP contribution in [-0.2, 0) is 0 Å². The number of anilines is 1. The van der Waals surface area contributed by atoms with Gasteiger partial charge in [-0.2, -0.15) is 0 Å². The predicted octanol–water partition coefficient (Wildman–Crippen LogP) is 1.65. The van der Waals surface area contributed by atoms with Crippen molar-refractivity contribution >= 4 is 5.95 Å². The van der Waals surface area contributed by atoms with Crippen LogP contribution in [0.4, 0.5) is 5.95 Å². The molecule has 0 saturated heterocycles. The van der Waals surface area contributed by atoms with Gasteiger partial charge < -0.3 is 5.32 Å². The van der Waals surface area contributed by atoms with Gasteiger partial charge in [-0.05, 0) is 13.8 Å². The second-order valence-electron chi connectivity index (χ2n) is 4.02. The highest BCUT2D eigenvalue weighted by atomic mass is 16.1. The Hall–Kier alpha value is -2.17. The van der Waals surface area contributed by atoms with E-state index in [2.05, 4.69) is 20.5 Å². The average Bonchev–Trinajstić information content (AvgIpc) is 2.29. The lowest BCUT2D eigenvalue weighted by atomic mass is 10.2. The lowest BCUT2D eigenvalue weighted by Crippen LogP contribution is -2.20. The van der Waals surface area contributed by atoms with Crippen molar-refractivity contribution in [1.29, 1.82) is 0 Å². The van der Waals surface area contributed by atoms with E-state index in [1.165, 1.54) is 0 Å². The smallest absolute Gasteiger partial charge is 0.279 e. The van der Waals surface area contributed by atoms with Crippen LogP contribution in [0.25, 0.3) is 11.3 Å². The molecule has 0 unspecified atom stereocenters. The number of nitrogens with one attached hydrogen (secondary N) is 2. The minimum absolute atomic E-state index is 0.197. The van der Waals surface area contributed by atoms with Gasteiger partial charge in [0.15, 0.2) is 5.69 Å². The van der Waals surface area contributed by atoms with Crippen LogP contribution in [0.2, 0.25) is 0 Å². The average molecular weight is 230 g/mol. The molecular weight excluding hydrogens is 216 g/mol. The molecule has 0 amide bonds. The van der Waals surface area contributed by atoms with Crippen molar-refractivity contribution in [3.8, 4) is 11.3 Å². The third-order valence-corrected chi connectivity index (χ3v) is 2.17. The van der Waals surface area contributed by atoms with Crippen LogP contribution >= 0.6 is 0 Å². The summed E-state index contributed by atoms with van der Waals surface area (Å²) < 4.78 is 0. The van der Waals surface area contributed by atoms with Crippen LogP contribution < -0.4 is 10.9 Å². The topological polar surface area (TPSA) is 70.7 Å². The zero-order valence-corrected chi connectivity index (χ0v) is 9.77. The maximum absolute atomic E-state index is 11.8. The quantitative estimate of drug-likeness (QED) is 0.841. The highest BCUT2D eigenvalue weighted by Gasteiger charge is 2.07. The molecule has 0 spiro atoms. The third kappa shape index (κ3) is 2.69. The molecule has 0 fully saturated rings. The van der Waals surface area contributed by atoms with Crippen LogP contribution in [0.5, 0.6) is 0 Å². The summed E-state index contributed by atoms with van der Waals surface area (Å²) in [6.07, 6.45) is 0. The van der Waals surface area contributed by atoms with Crippen LogP contribution in [0.1, 0.15) is 13.8 Å². The molecule has 0 aliphatic carbocycles. The van der Waals surface area contributed by atoms with E-state index in [-0.39, 0.29) is 11.6 Å². The summed E-state index contributed by atoms with van der Waals surface area (Å²) in [5, 5.41) is 10.9. The molecular formula is C12H14N4O. The van der Waals surface area contributed by atoms with E-state index in [0.717, 1.165) is 5.56 Å². The van der Waals surface area contributed by atoms with Gasteiger partial charge in [0.05, 0.1) is 0 Å². The maximum Gasteiger partial charge on any atom is 0.279 e. The van der Waals surface area contributed by atoms with Gasteiger partial charge in [0, 0.05) is 11.6 Å². The second kappa shape index (κ2) is 4.78. The van der Waals surface area contributed by atoms with Gasteiger partial charge in [0.25, 0.3) is 5.56 Å². The van der Waals surface area contributed by atoms with Gasteiger partial charge in [-0.15, -0.1) is 10.2 Å². The summed E-state index contributed by atoms with van der Waals surface area (Å²) in [4.78, 5) is 14.5. The Morgan fingerprint density at radius 3 is 2.47 bits per heavy atom. The Balaban J connectivity index is 2.36. The summed E-state index contributed by atoms with van der Waals surface area (Å²) in [5.74, 6) is 0.393. The number of rotatable bonds is 3. The van der Waals surface area contributed by atoms with Crippen LogP contribution in [0.15, 0.2) is 35.1 Å². The molecule has 5 heteroatoms. The maximum atomic E-state index is 11.8. The van der Waals surface area contributed by atoms with Crippen LogP contribution in [0.3, 0.4) is 0 Å². The van der Waals surface area contributed by atoms with Crippen molar-refractivity contribution in [3.05, 3.63) is 40.7 Å². The lowest BCUT2D eigenvalue weighted by molar-refractivity contribution is 0.846. The van der Waals surface area contributed by atoms with Crippen LogP contribution in [0, 0.1) is 0 Å². The number of hydrogen-bond acceptors (Lipinski definition) is 4. The summed E-state index contributed by atoms with van der Waals surface area (Å²) in [7, 11) is 0. The van der Waals surface area contributed by atoms with Crippen molar-refractivity contribution in [2.75, 3.05) is 5.32 Å². The number of aromatic amines is 1. The van der Waals surface area contributed by atoms with Crippen molar-refractivity contribution in [2.45, 2.75) is 19.9 Å². The van der Waals surface area contributed by atoms with Crippen LogP contribution in [-0.4, -0.2) is 21.2 Å². The van der Waals surface area contributed by atoms with Crippen molar-refractivity contribution < 1.29 is 0 Å². The lowest BCUT2D eigenvalue weighted by Gasteiger charge is -2.07. The molecule has 1 heterocycles. The molecule has 1 aromatic carbocycles. The summed E-state index contributed by atoms with van der Waals surface area (Å²) in [6, 6.07) is 9.46. The fourth-order valence-corrected chi connectivity index (χ4v) is 1.46. The molecule has 0 radical (unpaired) electrons. The minimum Gasteiger partial charge on any atom is -0.352 e. The first-order valence-corrected chi connectivity index (χ1v) is 5.46. The second-order valence-corrected chi connectivity index (χ2v) is 4.02. The minimum atomic E-state index is -0.241. The summed E-state index contributed by atoms with van der Waals surface area (Å²) in [5.41, 5.74) is 0.853. The van der Waals surface area contributed by atoms with E-state index in [9.17, 15) is 4.79 Å². The van der Waals surface area contributed by atoms with Gasteiger partial charge in [0.2, 0.25) is 5.95 Å². The molecule has 1 aromatic heterocycles. The van der Waals surface area contributed by atoms with E-state index in [0.29, 0.717) is 11.6 Å². The first-order valence-electron chi connectivity index (χ1n) is 5.46. The number of hydrogen-bond donors (Lipinski definition) is 2. The largest absolute Gasteiger partial charge is 0.352 e. The van der Waals surface area contributed by atoms with E-state index in [1.807, 2.05) is 44.2 Å².